The molecule has 1 aliphatic rings. The van der Waals surface area contributed by atoms with Crippen molar-refractivity contribution in [1.29, 1.82) is 0 Å². The summed E-state index contributed by atoms with van der Waals surface area (Å²) in [7, 11) is 3.88. The highest BCUT2D eigenvalue weighted by atomic mass is 35.5. The molecule has 1 heterocycles. The molecule has 5 heteroatoms. The third-order valence-corrected chi connectivity index (χ3v) is 5.28. The second-order valence-corrected chi connectivity index (χ2v) is 7.59. The fourth-order valence-electron chi connectivity index (χ4n) is 3.35. The Morgan fingerprint density at radius 1 is 0.963 bits per heavy atom. The summed E-state index contributed by atoms with van der Waals surface area (Å²) in [6.07, 6.45) is 2.22. The van der Waals surface area contributed by atoms with Gasteiger partial charge in [0.05, 0.1) is 7.11 Å². The largest absolute Gasteiger partial charge is 0.493 e. The molecule has 4 nitrogen and oxygen atoms in total. The van der Waals surface area contributed by atoms with Crippen LogP contribution in [0, 0.1) is 0 Å². The minimum Gasteiger partial charge on any atom is -0.493 e. The molecule has 0 aromatic heterocycles. The Bertz CT molecular complexity index is 730. The number of aryl methyl sites for hydroxylation is 1. The molecule has 3 rings (SSSR count). The average Bonchev–Trinajstić information content (AvgIpc) is 2.68. The van der Waals surface area contributed by atoms with Gasteiger partial charge in [-0.05, 0) is 61.8 Å². The first-order chi connectivity index (χ1) is 13.1. The highest BCUT2D eigenvalue weighted by Gasteiger charge is 2.13. The van der Waals surface area contributed by atoms with Crippen molar-refractivity contribution < 1.29 is 9.47 Å². The smallest absolute Gasteiger partial charge is 0.161 e. The maximum Gasteiger partial charge on any atom is 0.161 e. The van der Waals surface area contributed by atoms with Crippen LogP contribution in [-0.2, 0) is 13.0 Å². The lowest BCUT2D eigenvalue weighted by Crippen LogP contribution is -2.44. The zero-order valence-electron chi connectivity index (χ0n) is 16.3. The fourth-order valence-corrected chi connectivity index (χ4v) is 3.57. The van der Waals surface area contributed by atoms with Crippen LogP contribution in [0.3, 0.4) is 0 Å². The maximum absolute atomic E-state index is 6.03. The number of nitrogens with zero attached hydrogens (tertiary/aromatic N) is 2. The number of piperazine rings is 1. The highest BCUT2D eigenvalue weighted by Crippen LogP contribution is 2.29. The Morgan fingerprint density at radius 2 is 1.78 bits per heavy atom. The van der Waals surface area contributed by atoms with Gasteiger partial charge >= 0.3 is 0 Å². The molecule has 0 radical (unpaired) electrons. The molecule has 0 aliphatic carbocycles. The zero-order valence-corrected chi connectivity index (χ0v) is 17.0. The first-order valence-corrected chi connectivity index (χ1v) is 9.97. The minimum absolute atomic E-state index is 0.472. The second-order valence-electron chi connectivity index (χ2n) is 7.15. The van der Waals surface area contributed by atoms with Gasteiger partial charge in [-0.3, -0.25) is 0 Å². The van der Waals surface area contributed by atoms with Gasteiger partial charge in [0.2, 0.25) is 0 Å². The van der Waals surface area contributed by atoms with Crippen LogP contribution in [0.1, 0.15) is 17.5 Å². The quantitative estimate of drug-likeness (QED) is 0.679. The van der Waals surface area contributed by atoms with Gasteiger partial charge in [0.1, 0.15) is 6.61 Å². The van der Waals surface area contributed by atoms with Crippen molar-refractivity contribution in [2.24, 2.45) is 0 Å². The highest BCUT2D eigenvalue weighted by molar-refractivity contribution is 6.30. The van der Waals surface area contributed by atoms with Crippen LogP contribution < -0.4 is 9.47 Å². The molecule has 1 aliphatic heterocycles. The van der Waals surface area contributed by atoms with E-state index in [1.54, 1.807) is 7.11 Å². The van der Waals surface area contributed by atoms with E-state index in [-0.39, 0.29) is 0 Å². The van der Waals surface area contributed by atoms with Crippen LogP contribution in [0.15, 0.2) is 42.5 Å². The number of methoxy groups -OCH3 is 1. The third-order valence-electron chi connectivity index (χ3n) is 5.05. The van der Waals surface area contributed by atoms with E-state index in [4.69, 9.17) is 21.1 Å². The van der Waals surface area contributed by atoms with Crippen molar-refractivity contribution in [1.82, 2.24) is 9.80 Å². The summed E-state index contributed by atoms with van der Waals surface area (Å²) >= 11 is 6.03. The topological polar surface area (TPSA) is 24.9 Å². The molecule has 0 unspecified atom stereocenters. The molecule has 0 N–H and O–H groups in total. The lowest BCUT2D eigenvalue weighted by Gasteiger charge is -2.32. The van der Waals surface area contributed by atoms with Crippen molar-refractivity contribution in [3.63, 3.8) is 0 Å². The van der Waals surface area contributed by atoms with Gasteiger partial charge in [-0.2, -0.15) is 0 Å². The molecule has 1 fully saturated rings. The standard InChI is InChI=1S/C22H29ClN2O2/c1-24-11-13-25(14-12-24)10-4-6-18-8-9-21(22(16-18)26-2)27-17-19-5-3-7-20(23)15-19/h3,5,7-9,15-16H,4,6,10-14,17H2,1-2H3. The number of hydrogen-bond donors (Lipinski definition) is 0. The fraction of sp³-hybridized carbons (Fsp3) is 0.455. The van der Waals surface area contributed by atoms with E-state index in [1.807, 2.05) is 30.3 Å². The van der Waals surface area contributed by atoms with Crippen molar-refractivity contribution in [2.75, 3.05) is 46.9 Å². The molecule has 0 bridgehead atoms. The number of halogens is 1. The average molecular weight is 389 g/mol. The van der Waals surface area contributed by atoms with E-state index >= 15 is 0 Å². The summed E-state index contributed by atoms with van der Waals surface area (Å²) in [6.45, 7) is 6.33. The van der Waals surface area contributed by atoms with Crippen LogP contribution >= 0.6 is 11.6 Å². The molecule has 27 heavy (non-hydrogen) atoms. The summed E-state index contributed by atoms with van der Waals surface area (Å²) in [5.41, 5.74) is 2.33. The van der Waals surface area contributed by atoms with E-state index in [9.17, 15) is 0 Å². The summed E-state index contributed by atoms with van der Waals surface area (Å²) in [5.74, 6) is 1.55. The van der Waals surface area contributed by atoms with E-state index in [0.717, 1.165) is 41.5 Å². The van der Waals surface area contributed by atoms with Gasteiger partial charge in [-0.15, -0.1) is 0 Å². The number of hydrogen-bond acceptors (Lipinski definition) is 4. The van der Waals surface area contributed by atoms with Gasteiger partial charge in [0.15, 0.2) is 11.5 Å². The summed E-state index contributed by atoms with van der Waals surface area (Å²) < 4.78 is 11.5. The first-order valence-electron chi connectivity index (χ1n) is 9.59. The monoisotopic (exact) mass is 388 g/mol. The van der Waals surface area contributed by atoms with Gasteiger partial charge in [0, 0.05) is 31.2 Å². The Morgan fingerprint density at radius 3 is 2.52 bits per heavy atom. The van der Waals surface area contributed by atoms with Gasteiger partial charge in [-0.1, -0.05) is 29.8 Å². The number of ether oxygens (including phenoxy) is 2. The van der Waals surface area contributed by atoms with Gasteiger partial charge in [-0.25, -0.2) is 0 Å². The van der Waals surface area contributed by atoms with E-state index in [1.165, 1.54) is 31.7 Å². The third kappa shape index (κ3) is 6.13. The second kappa shape index (κ2) is 9.98. The summed E-state index contributed by atoms with van der Waals surface area (Å²) in [5, 5.41) is 0.721. The van der Waals surface area contributed by atoms with E-state index < -0.39 is 0 Å². The Labute approximate surface area is 167 Å². The van der Waals surface area contributed by atoms with Gasteiger partial charge in [0.25, 0.3) is 0 Å². The van der Waals surface area contributed by atoms with Gasteiger partial charge < -0.3 is 19.3 Å². The predicted octanol–water partition coefficient (Wildman–Crippen LogP) is 4.11. The maximum atomic E-state index is 6.03. The lowest BCUT2D eigenvalue weighted by atomic mass is 10.1. The SMILES string of the molecule is COc1cc(CCCN2CCN(C)CC2)ccc1OCc1cccc(Cl)c1. The zero-order chi connectivity index (χ0) is 19.1. The molecule has 0 saturated carbocycles. The van der Waals surface area contributed by atoms with Crippen LogP contribution in [0.4, 0.5) is 0 Å². The molecule has 0 amide bonds. The molecule has 0 spiro atoms. The molecule has 146 valence electrons. The number of likely N-dealkylation sites (N-methyl/N-ethyl adjacent to an activating group) is 1. The Hall–Kier alpha value is -1.75. The van der Waals surface area contributed by atoms with Crippen LogP contribution in [0.5, 0.6) is 11.5 Å². The Kier molecular flexibility index (Phi) is 7.39. The van der Waals surface area contributed by atoms with Crippen molar-refractivity contribution in [3.05, 3.63) is 58.6 Å². The van der Waals surface area contributed by atoms with Crippen molar-refractivity contribution in [3.8, 4) is 11.5 Å². The lowest BCUT2D eigenvalue weighted by molar-refractivity contribution is 0.153. The molecule has 2 aromatic carbocycles. The normalized spacial score (nSPS) is 15.7. The molecular formula is C22H29ClN2O2. The van der Waals surface area contributed by atoms with E-state index in [0.29, 0.717) is 6.61 Å². The first kappa shape index (κ1) is 20.0. The molecule has 1 saturated heterocycles. The van der Waals surface area contributed by atoms with Crippen molar-refractivity contribution >= 4 is 11.6 Å². The molecular weight excluding hydrogens is 360 g/mol. The van der Waals surface area contributed by atoms with Crippen LogP contribution in [0.2, 0.25) is 5.02 Å². The molecule has 0 atom stereocenters. The summed E-state index contributed by atoms with van der Waals surface area (Å²) in [4.78, 5) is 4.95. The number of benzene rings is 2. The molecule has 2 aromatic rings. The van der Waals surface area contributed by atoms with Crippen LogP contribution in [0.25, 0.3) is 0 Å². The van der Waals surface area contributed by atoms with Crippen molar-refractivity contribution in [2.45, 2.75) is 19.4 Å². The summed E-state index contributed by atoms with van der Waals surface area (Å²) in [6, 6.07) is 14.0. The minimum atomic E-state index is 0.472. The Balaban J connectivity index is 1.51. The predicted molar refractivity (Wildman–Crippen MR) is 111 cm³/mol. The van der Waals surface area contributed by atoms with Crippen LogP contribution in [-0.4, -0.2) is 56.7 Å². The van der Waals surface area contributed by atoms with E-state index in [2.05, 4.69) is 29.0 Å². The number of rotatable bonds is 8.